The highest BCUT2D eigenvalue weighted by molar-refractivity contribution is 5.75. The van der Waals surface area contributed by atoms with Gasteiger partial charge < -0.3 is 14.4 Å². The number of rotatable bonds is 5. The molecule has 23 heavy (non-hydrogen) atoms. The second-order valence-electron chi connectivity index (χ2n) is 5.99. The molecule has 120 valence electrons. The van der Waals surface area contributed by atoms with Gasteiger partial charge in [-0.1, -0.05) is 29.8 Å². The molecule has 4 heteroatoms. The summed E-state index contributed by atoms with van der Waals surface area (Å²) >= 11 is 0. The predicted octanol–water partition coefficient (Wildman–Crippen LogP) is 3.40. The smallest absolute Gasteiger partial charge is 0.122 e. The molecular formula is C19H22N2O2. The van der Waals surface area contributed by atoms with E-state index in [4.69, 9.17) is 4.74 Å². The fraction of sp³-hybridized carbons (Fsp3) is 0.316. The van der Waals surface area contributed by atoms with Crippen molar-refractivity contribution < 1.29 is 9.84 Å². The molecule has 0 unspecified atom stereocenters. The van der Waals surface area contributed by atoms with Crippen LogP contribution in [0.3, 0.4) is 0 Å². The molecule has 2 aromatic carbocycles. The van der Waals surface area contributed by atoms with Gasteiger partial charge in [-0.25, -0.2) is 4.98 Å². The van der Waals surface area contributed by atoms with Crippen LogP contribution in [0.15, 0.2) is 42.5 Å². The number of ether oxygens (including phenoxy) is 1. The molecule has 1 aromatic heterocycles. The van der Waals surface area contributed by atoms with Crippen LogP contribution in [0.1, 0.15) is 17.0 Å². The minimum atomic E-state index is -0.591. The third kappa shape index (κ3) is 3.37. The molecule has 0 amide bonds. The highest BCUT2D eigenvalue weighted by Crippen LogP contribution is 2.20. The summed E-state index contributed by atoms with van der Waals surface area (Å²) in [5, 5.41) is 10.3. The van der Waals surface area contributed by atoms with Crippen molar-refractivity contribution in [1.82, 2.24) is 9.55 Å². The van der Waals surface area contributed by atoms with Gasteiger partial charge in [0.1, 0.15) is 24.3 Å². The van der Waals surface area contributed by atoms with Crippen molar-refractivity contribution in [3.63, 3.8) is 0 Å². The summed E-state index contributed by atoms with van der Waals surface area (Å²) in [5.41, 5.74) is 4.28. The van der Waals surface area contributed by atoms with Crippen LogP contribution in [0.25, 0.3) is 11.0 Å². The normalized spacial score (nSPS) is 12.5. The number of benzene rings is 2. The predicted molar refractivity (Wildman–Crippen MR) is 91.9 cm³/mol. The summed E-state index contributed by atoms with van der Waals surface area (Å²) in [7, 11) is 0. The molecule has 0 fully saturated rings. The van der Waals surface area contributed by atoms with E-state index < -0.39 is 6.10 Å². The molecule has 0 spiro atoms. The molecule has 4 nitrogen and oxygen atoms in total. The third-order valence-electron chi connectivity index (χ3n) is 4.00. The van der Waals surface area contributed by atoms with Gasteiger partial charge in [0.2, 0.25) is 0 Å². The minimum absolute atomic E-state index is 0.260. The van der Waals surface area contributed by atoms with Gasteiger partial charge in [-0.2, -0.15) is 0 Å². The lowest BCUT2D eigenvalue weighted by Gasteiger charge is -2.16. The average molecular weight is 310 g/mol. The maximum Gasteiger partial charge on any atom is 0.122 e. The molecule has 0 bridgehead atoms. The monoisotopic (exact) mass is 310 g/mol. The number of nitrogens with zero attached hydrogens (tertiary/aromatic N) is 2. The SMILES string of the molecule is Cc1ccc(OC[C@H](O)Cn2c(C)nc3ccccc32)c(C)c1. The minimum Gasteiger partial charge on any atom is -0.491 e. The van der Waals surface area contributed by atoms with Crippen molar-refractivity contribution in [1.29, 1.82) is 0 Å². The Labute approximate surface area is 136 Å². The van der Waals surface area contributed by atoms with Crippen molar-refractivity contribution in [2.75, 3.05) is 6.61 Å². The number of imidazole rings is 1. The number of para-hydroxylation sites is 2. The van der Waals surface area contributed by atoms with Crippen LogP contribution in [0, 0.1) is 20.8 Å². The van der Waals surface area contributed by atoms with E-state index in [2.05, 4.69) is 18.0 Å². The van der Waals surface area contributed by atoms with Crippen molar-refractivity contribution >= 4 is 11.0 Å². The lowest BCUT2D eigenvalue weighted by Crippen LogP contribution is -2.24. The standard InChI is InChI=1S/C19H22N2O2/c1-13-8-9-19(14(2)10-13)23-12-16(22)11-21-15(3)20-17-6-4-5-7-18(17)21/h4-10,16,22H,11-12H2,1-3H3/t16-/m1/s1. The Bertz CT molecular complexity index is 823. The first kappa shape index (κ1) is 15.6. The summed E-state index contributed by atoms with van der Waals surface area (Å²) in [6.45, 7) is 6.76. The first-order valence-electron chi connectivity index (χ1n) is 7.84. The van der Waals surface area contributed by atoms with Gasteiger partial charge >= 0.3 is 0 Å². The lowest BCUT2D eigenvalue weighted by molar-refractivity contribution is 0.0926. The fourth-order valence-corrected chi connectivity index (χ4v) is 2.84. The van der Waals surface area contributed by atoms with Crippen LogP contribution in [-0.2, 0) is 6.54 Å². The number of fused-ring (bicyclic) bond motifs is 1. The molecule has 0 aliphatic carbocycles. The number of aromatic nitrogens is 2. The number of aliphatic hydroxyl groups excluding tert-OH is 1. The van der Waals surface area contributed by atoms with E-state index in [0.717, 1.165) is 28.2 Å². The van der Waals surface area contributed by atoms with Crippen LogP contribution in [0.4, 0.5) is 0 Å². The van der Waals surface area contributed by atoms with E-state index in [9.17, 15) is 5.11 Å². The van der Waals surface area contributed by atoms with E-state index in [-0.39, 0.29) is 6.61 Å². The zero-order valence-electron chi connectivity index (χ0n) is 13.8. The van der Waals surface area contributed by atoms with Gasteiger partial charge in [0, 0.05) is 0 Å². The molecule has 1 atom stereocenters. The number of aryl methyl sites for hydroxylation is 3. The van der Waals surface area contributed by atoms with Gasteiger partial charge in [-0.05, 0) is 44.5 Å². The van der Waals surface area contributed by atoms with Crippen molar-refractivity contribution in [2.24, 2.45) is 0 Å². The Hall–Kier alpha value is -2.33. The molecule has 0 saturated heterocycles. The van der Waals surface area contributed by atoms with Crippen LogP contribution >= 0.6 is 0 Å². The van der Waals surface area contributed by atoms with Gasteiger partial charge in [-0.3, -0.25) is 0 Å². The van der Waals surface area contributed by atoms with Crippen LogP contribution in [0.5, 0.6) is 5.75 Å². The second-order valence-corrected chi connectivity index (χ2v) is 5.99. The number of hydrogen-bond donors (Lipinski definition) is 1. The van der Waals surface area contributed by atoms with Gasteiger partial charge in [0.15, 0.2) is 0 Å². The number of aliphatic hydroxyl groups is 1. The van der Waals surface area contributed by atoms with Crippen LogP contribution < -0.4 is 4.74 Å². The Morgan fingerprint density at radius 2 is 1.91 bits per heavy atom. The van der Waals surface area contributed by atoms with E-state index in [1.807, 2.05) is 54.8 Å². The summed E-state index contributed by atoms with van der Waals surface area (Å²) < 4.78 is 7.80. The highest BCUT2D eigenvalue weighted by atomic mass is 16.5. The summed E-state index contributed by atoms with van der Waals surface area (Å²) in [4.78, 5) is 4.52. The average Bonchev–Trinajstić information content (AvgIpc) is 2.82. The number of hydrogen-bond acceptors (Lipinski definition) is 3. The molecule has 0 saturated carbocycles. The van der Waals surface area contributed by atoms with Crippen molar-refractivity contribution in [2.45, 2.75) is 33.4 Å². The van der Waals surface area contributed by atoms with Crippen molar-refractivity contribution in [3.8, 4) is 5.75 Å². The Balaban J connectivity index is 1.69. The molecular weight excluding hydrogens is 288 g/mol. The molecule has 0 aliphatic heterocycles. The van der Waals surface area contributed by atoms with Crippen LogP contribution in [-0.4, -0.2) is 27.4 Å². The molecule has 3 rings (SSSR count). The highest BCUT2D eigenvalue weighted by Gasteiger charge is 2.12. The molecule has 0 radical (unpaired) electrons. The molecule has 1 heterocycles. The first-order valence-corrected chi connectivity index (χ1v) is 7.84. The Morgan fingerprint density at radius 1 is 1.13 bits per heavy atom. The van der Waals surface area contributed by atoms with Crippen LogP contribution in [0.2, 0.25) is 0 Å². The first-order chi connectivity index (χ1) is 11.0. The second kappa shape index (κ2) is 6.42. The van der Waals surface area contributed by atoms with Gasteiger partial charge in [0.05, 0.1) is 17.6 Å². The van der Waals surface area contributed by atoms with Gasteiger partial charge in [0.25, 0.3) is 0 Å². The zero-order valence-corrected chi connectivity index (χ0v) is 13.8. The lowest BCUT2D eigenvalue weighted by atomic mass is 10.1. The van der Waals surface area contributed by atoms with E-state index >= 15 is 0 Å². The molecule has 3 aromatic rings. The summed E-state index contributed by atoms with van der Waals surface area (Å²) in [5.74, 6) is 1.72. The molecule has 1 N–H and O–H groups in total. The fourth-order valence-electron chi connectivity index (χ4n) is 2.84. The zero-order chi connectivity index (χ0) is 16.4. The Kier molecular flexibility index (Phi) is 4.35. The van der Waals surface area contributed by atoms with E-state index in [1.165, 1.54) is 5.56 Å². The van der Waals surface area contributed by atoms with Gasteiger partial charge in [-0.15, -0.1) is 0 Å². The summed E-state index contributed by atoms with van der Waals surface area (Å²) in [6, 6.07) is 14.0. The Morgan fingerprint density at radius 3 is 2.70 bits per heavy atom. The maximum atomic E-state index is 10.3. The summed E-state index contributed by atoms with van der Waals surface area (Å²) in [6.07, 6.45) is -0.591. The third-order valence-corrected chi connectivity index (χ3v) is 4.00. The maximum absolute atomic E-state index is 10.3. The largest absolute Gasteiger partial charge is 0.491 e. The quantitative estimate of drug-likeness (QED) is 0.785. The topological polar surface area (TPSA) is 47.3 Å². The van der Waals surface area contributed by atoms with E-state index in [1.54, 1.807) is 0 Å². The molecule has 0 aliphatic rings. The van der Waals surface area contributed by atoms with E-state index in [0.29, 0.717) is 6.54 Å². The van der Waals surface area contributed by atoms with Crippen molar-refractivity contribution in [3.05, 3.63) is 59.4 Å².